The lowest BCUT2D eigenvalue weighted by Crippen LogP contribution is -2.48. The Bertz CT molecular complexity index is 1460. The number of nitrogens with zero attached hydrogens (tertiary/aromatic N) is 2. The molecule has 2 aliphatic heterocycles. The number of hydrogen-bond donors (Lipinski definition) is 1. The van der Waals surface area contributed by atoms with Crippen molar-refractivity contribution in [3.05, 3.63) is 88.1 Å². The van der Waals surface area contributed by atoms with Crippen LogP contribution in [0.5, 0.6) is 17.2 Å². The average Bonchev–Trinajstić information content (AvgIpc) is 3.48. The van der Waals surface area contributed by atoms with E-state index in [0.29, 0.717) is 26.3 Å². The van der Waals surface area contributed by atoms with Crippen molar-refractivity contribution >= 4 is 27.1 Å². The number of fused-ring (bicyclic) bond motifs is 2. The number of nitroso groups, excluding NO2 is 1. The fourth-order valence-electron chi connectivity index (χ4n) is 5.72. The van der Waals surface area contributed by atoms with Crippen LogP contribution >= 0.6 is 11.3 Å². The highest BCUT2D eigenvalue weighted by molar-refractivity contribution is 7.17. The fourth-order valence-corrected chi connectivity index (χ4v) is 6.49. The fraction of sp³-hybridized carbons (Fsp3) is 0.375. The van der Waals surface area contributed by atoms with Gasteiger partial charge < -0.3 is 29.2 Å². The maximum atomic E-state index is 11.9. The van der Waals surface area contributed by atoms with Crippen LogP contribution in [0.15, 0.2) is 77.3 Å². The lowest BCUT2D eigenvalue weighted by molar-refractivity contribution is 0.00539. The third kappa shape index (κ3) is 6.38. The van der Waals surface area contributed by atoms with E-state index in [1.54, 1.807) is 18.4 Å². The topological polar surface area (TPSA) is 81.6 Å². The van der Waals surface area contributed by atoms with Crippen LogP contribution in [0.2, 0.25) is 0 Å². The number of anilines is 1. The highest BCUT2D eigenvalue weighted by Crippen LogP contribution is 2.35. The van der Waals surface area contributed by atoms with Crippen molar-refractivity contribution in [2.24, 2.45) is 5.18 Å². The Hall–Kier alpha value is -3.50. The van der Waals surface area contributed by atoms with Gasteiger partial charge in [0.05, 0.1) is 24.9 Å². The van der Waals surface area contributed by atoms with Crippen molar-refractivity contribution in [1.29, 1.82) is 0 Å². The Balaban J connectivity index is 1.14. The van der Waals surface area contributed by atoms with Gasteiger partial charge in [-0.15, -0.1) is 11.3 Å². The average molecular weight is 574 g/mol. The quantitative estimate of drug-likeness (QED) is 0.166. The van der Waals surface area contributed by atoms with Gasteiger partial charge in [-0.1, -0.05) is 23.4 Å². The molecule has 0 saturated carbocycles. The lowest BCUT2D eigenvalue weighted by Gasteiger charge is -2.36. The summed E-state index contributed by atoms with van der Waals surface area (Å²) in [4.78, 5) is 14.2. The SMILES string of the molecule is COCCCN1CCOc2ccc(CO[C@H]3CNC[C@@H](N=O)C3c3ccc(Oc4ccc5sccc5c4)cc3)cc21. The molecular formula is C32H35N3O5S. The highest BCUT2D eigenvalue weighted by Gasteiger charge is 2.36. The van der Waals surface area contributed by atoms with Gasteiger partial charge in [-0.2, -0.15) is 4.91 Å². The summed E-state index contributed by atoms with van der Waals surface area (Å²) in [6.45, 7) is 4.78. The van der Waals surface area contributed by atoms with E-state index in [0.717, 1.165) is 60.2 Å². The van der Waals surface area contributed by atoms with E-state index in [-0.39, 0.29) is 12.0 Å². The van der Waals surface area contributed by atoms with Crippen LogP contribution in [-0.4, -0.2) is 58.6 Å². The monoisotopic (exact) mass is 573 g/mol. The summed E-state index contributed by atoms with van der Waals surface area (Å²) in [5.74, 6) is 2.29. The molecule has 41 heavy (non-hydrogen) atoms. The van der Waals surface area contributed by atoms with Gasteiger partial charge >= 0.3 is 0 Å². The van der Waals surface area contributed by atoms with Gasteiger partial charge in [0.25, 0.3) is 0 Å². The Morgan fingerprint density at radius 2 is 1.93 bits per heavy atom. The van der Waals surface area contributed by atoms with E-state index in [2.05, 4.69) is 51.1 Å². The minimum absolute atomic E-state index is 0.156. The molecule has 3 heterocycles. The minimum atomic E-state index is -0.422. The second-order valence-electron chi connectivity index (χ2n) is 10.5. The molecule has 1 saturated heterocycles. The van der Waals surface area contributed by atoms with E-state index >= 15 is 0 Å². The van der Waals surface area contributed by atoms with Crippen LogP contribution in [0, 0.1) is 4.91 Å². The number of nitrogens with one attached hydrogen (secondary N) is 1. The van der Waals surface area contributed by atoms with Gasteiger partial charge in [-0.05, 0) is 76.8 Å². The van der Waals surface area contributed by atoms with E-state index in [1.165, 1.54) is 10.1 Å². The molecule has 9 heteroatoms. The molecule has 8 nitrogen and oxygen atoms in total. The summed E-state index contributed by atoms with van der Waals surface area (Å²) in [5.41, 5.74) is 3.18. The van der Waals surface area contributed by atoms with Gasteiger partial charge in [0.2, 0.25) is 0 Å². The first-order valence-corrected chi connectivity index (χ1v) is 15.0. The molecule has 4 aromatic rings. The molecule has 0 bridgehead atoms. The normalized spacial score (nSPS) is 20.4. The summed E-state index contributed by atoms with van der Waals surface area (Å²) >= 11 is 1.72. The number of ether oxygens (including phenoxy) is 4. The third-order valence-electron chi connectivity index (χ3n) is 7.80. The molecule has 0 aliphatic carbocycles. The van der Waals surface area contributed by atoms with Crippen LogP contribution in [0.4, 0.5) is 5.69 Å². The highest BCUT2D eigenvalue weighted by atomic mass is 32.1. The molecule has 214 valence electrons. The smallest absolute Gasteiger partial charge is 0.142 e. The largest absolute Gasteiger partial charge is 0.490 e. The Morgan fingerprint density at radius 3 is 2.78 bits per heavy atom. The zero-order chi connectivity index (χ0) is 28.0. The maximum Gasteiger partial charge on any atom is 0.142 e. The van der Waals surface area contributed by atoms with Crippen LogP contribution < -0.4 is 19.7 Å². The molecular weight excluding hydrogens is 538 g/mol. The molecule has 1 N–H and O–H groups in total. The van der Waals surface area contributed by atoms with Crippen molar-refractivity contribution in [3.8, 4) is 17.2 Å². The zero-order valence-electron chi connectivity index (χ0n) is 23.2. The lowest BCUT2D eigenvalue weighted by atomic mass is 9.84. The van der Waals surface area contributed by atoms with Gasteiger partial charge in [0.1, 0.15) is 29.9 Å². The first-order valence-electron chi connectivity index (χ1n) is 14.1. The number of benzene rings is 3. The zero-order valence-corrected chi connectivity index (χ0v) is 24.0. The summed E-state index contributed by atoms with van der Waals surface area (Å²) in [6.07, 6.45) is 0.754. The van der Waals surface area contributed by atoms with E-state index < -0.39 is 6.04 Å². The van der Waals surface area contributed by atoms with E-state index in [1.807, 2.05) is 36.4 Å². The van der Waals surface area contributed by atoms with Gasteiger partial charge in [0.15, 0.2) is 0 Å². The molecule has 3 aromatic carbocycles. The van der Waals surface area contributed by atoms with Crippen LogP contribution in [0.3, 0.4) is 0 Å². The number of hydrogen-bond acceptors (Lipinski definition) is 9. The summed E-state index contributed by atoms with van der Waals surface area (Å²) < 4.78 is 25.0. The number of piperidine rings is 1. The van der Waals surface area contributed by atoms with Crippen molar-refractivity contribution in [2.45, 2.75) is 31.1 Å². The van der Waals surface area contributed by atoms with Crippen molar-refractivity contribution in [2.75, 3.05) is 51.4 Å². The van der Waals surface area contributed by atoms with E-state index in [4.69, 9.17) is 18.9 Å². The molecule has 2 aliphatic rings. The van der Waals surface area contributed by atoms with Gasteiger partial charge in [-0.3, -0.25) is 0 Å². The summed E-state index contributed by atoms with van der Waals surface area (Å²) in [5, 5.41) is 10.1. The molecule has 0 radical (unpaired) electrons. The summed E-state index contributed by atoms with van der Waals surface area (Å²) in [6, 6.07) is 22.0. The molecule has 1 unspecified atom stereocenters. The summed E-state index contributed by atoms with van der Waals surface area (Å²) in [7, 11) is 1.73. The Morgan fingerprint density at radius 1 is 1.05 bits per heavy atom. The standard InChI is InChI=1S/C32H35N3O5S/c1-37-14-2-12-35-13-15-38-29-9-3-22(17-28(29)35)21-39-30-20-33-19-27(34-36)32(30)23-4-6-25(7-5-23)40-26-8-10-31-24(18-26)11-16-41-31/h3-11,16-18,27,30,32-33H,2,12-15,19-21H2,1H3/t27-,30+,32?/m1/s1. The number of methoxy groups -OCH3 is 1. The van der Waals surface area contributed by atoms with Gasteiger partial charge in [0, 0.05) is 44.0 Å². The Labute approximate surface area is 244 Å². The first kappa shape index (κ1) is 27.7. The predicted octanol–water partition coefficient (Wildman–Crippen LogP) is 6.34. The maximum absolute atomic E-state index is 11.9. The van der Waals surface area contributed by atoms with Crippen molar-refractivity contribution in [1.82, 2.24) is 5.32 Å². The Kier molecular flexibility index (Phi) is 8.77. The van der Waals surface area contributed by atoms with Crippen LogP contribution in [-0.2, 0) is 16.1 Å². The van der Waals surface area contributed by atoms with Crippen LogP contribution in [0.25, 0.3) is 10.1 Å². The number of thiophene rings is 1. The minimum Gasteiger partial charge on any atom is -0.490 e. The molecule has 0 spiro atoms. The van der Waals surface area contributed by atoms with Crippen molar-refractivity contribution < 1.29 is 18.9 Å². The predicted molar refractivity (Wildman–Crippen MR) is 163 cm³/mol. The number of rotatable bonds is 11. The van der Waals surface area contributed by atoms with Gasteiger partial charge in [-0.25, -0.2) is 0 Å². The third-order valence-corrected chi connectivity index (χ3v) is 8.70. The second kappa shape index (κ2) is 13.0. The van der Waals surface area contributed by atoms with E-state index in [9.17, 15) is 4.91 Å². The van der Waals surface area contributed by atoms with Crippen molar-refractivity contribution in [3.63, 3.8) is 0 Å². The molecule has 3 atom stereocenters. The molecule has 1 fully saturated rings. The first-order chi connectivity index (χ1) is 20.2. The molecule has 0 amide bonds. The molecule has 6 rings (SSSR count). The molecule has 1 aromatic heterocycles. The van der Waals surface area contributed by atoms with Crippen LogP contribution in [0.1, 0.15) is 23.5 Å². The second-order valence-corrected chi connectivity index (χ2v) is 11.4.